The minimum Gasteiger partial charge on any atom is -0.478 e. The van der Waals surface area contributed by atoms with Gasteiger partial charge in [0.1, 0.15) is 0 Å². The number of carboxylic acid groups (broad SMARTS) is 2. The summed E-state index contributed by atoms with van der Waals surface area (Å²) in [6.07, 6.45) is 1.12. The number of carboxylic acids is 2. The van der Waals surface area contributed by atoms with Gasteiger partial charge in [0.2, 0.25) is 0 Å². The highest BCUT2D eigenvalue weighted by atomic mass is 32.1. The van der Waals surface area contributed by atoms with Gasteiger partial charge in [0.15, 0.2) is 5.11 Å². The first-order valence-corrected chi connectivity index (χ1v) is 2.96. The molecule has 0 aliphatic rings. The molecule has 0 amide bonds. The van der Waals surface area contributed by atoms with E-state index in [1.54, 1.807) is 0 Å². The SMILES string of the molecule is NC(N)=S.O=C(O)/C=C/C(=O)O. The Labute approximate surface area is 73.5 Å². The first-order chi connectivity index (χ1) is 5.36. The van der Waals surface area contributed by atoms with Gasteiger partial charge in [0, 0.05) is 12.2 Å². The second-order valence-corrected chi connectivity index (χ2v) is 1.88. The Morgan fingerprint density at radius 2 is 1.25 bits per heavy atom. The van der Waals surface area contributed by atoms with Crippen molar-refractivity contribution < 1.29 is 19.8 Å². The number of hydrogen-bond donors (Lipinski definition) is 4. The lowest BCUT2D eigenvalue weighted by Crippen LogP contribution is -2.18. The summed E-state index contributed by atoms with van der Waals surface area (Å²) in [5, 5.41) is 15.6. The fourth-order valence-corrected chi connectivity index (χ4v) is 0.143. The van der Waals surface area contributed by atoms with Crippen LogP contribution >= 0.6 is 12.2 Å². The summed E-state index contributed by atoms with van der Waals surface area (Å²) in [6, 6.07) is 0. The molecule has 0 aliphatic heterocycles. The molecule has 12 heavy (non-hydrogen) atoms. The molecule has 6 nitrogen and oxygen atoms in total. The van der Waals surface area contributed by atoms with Gasteiger partial charge in [-0.2, -0.15) is 0 Å². The number of hydrogen-bond acceptors (Lipinski definition) is 3. The molecule has 6 N–H and O–H groups in total. The molecule has 0 aromatic carbocycles. The van der Waals surface area contributed by atoms with Gasteiger partial charge in [-0.15, -0.1) is 0 Å². The monoisotopic (exact) mass is 192 g/mol. The number of nitrogens with two attached hydrogens (primary N) is 2. The predicted octanol–water partition coefficient (Wildman–Crippen LogP) is -1.10. The maximum atomic E-state index is 9.55. The van der Waals surface area contributed by atoms with Crippen molar-refractivity contribution >= 4 is 29.3 Å². The molecule has 0 aromatic rings. The third kappa shape index (κ3) is 40.0. The molecule has 0 spiro atoms. The molecular formula is C5H8N2O4S. The van der Waals surface area contributed by atoms with Crippen molar-refractivity contribution in [2.75, 3.05) is 0 Å². The lowest BCUT2D eigenvalue weighted by molar-refractivity contribution is -0.134. The van der Waals surface area contributed by atoms with Crippen LogP contribution in [0.25, 0.3) is 0 Å². The Bertz CT molecular complexity index is 193. The number of aliphatic carboxylic acids is 2. The van der Waals surface area contributed by atoms with Crippen molar-refractivity contribution in [1.29, 1.82) is 0 Å². The van der Waals surface area contributed by atoms with Gasteiger partial charge in [0.25, 0.3) is 0 Å². The molecule has 0 heterocycles. The van der Waals surface area contributed by atoms with Crippen LogP contribution in [0.15, 0.2) is 12.2 Å². The molecule has 0 atom stereocenters. The molecule has 0 unspecified atom stereocenters. The summed E-state index contributed by atoms with van der Waals surface area (Å²) in [5.41, 5.74) is 9.24. The van der Waals surface area contributed by atoms with Gasteiger partial charge in [0.05, 0.1) is 0 Å². The van der Waals surface area contributed by atoms with Crippen LogP contribution in [-0.4, -0.2) is 27.3 Å². The lowest BCUT2D eigenvalue weighted by Gasteiger charge is -1.74. The molecule has 0 aliphatic carbocycles. The van der Waals surface area contributed by atoms with E-state index in [4.69, 9.17) is 10.2 Å². The molecular weight excluding hydrogens is 184 g/mol. The average molecular weight is 192 g/mol. The summed E-state index contributed by atoms with van der Waals surface area (Å²) in [5.74, 6) is -2.51. The highest BCUT2D eigenvalue weighted by Crippen LogP contribution is 1.70. The van der Waals surface area contributed by atoms with E-state index in [9.17, 15) is 9.59 Å². The van der Waals surface area contributed by atoms with Crippen LogP contribution in [0.1, 0.15) is 0 Å². The molecule has 0 bridgehead atoms. The molecule has 0 saturated carbocycles. The minimum absolute atomic E-state index is 0.000000000000000222. The van der Waals surface area contributed by atoms with E-state index in [1.807, 2.05) is 0 Å². The molecule has 0 saturated heterocycles. The largest absolute Gasteiger partial charge is 0.478 e. The Morgan fingerprint density at radius 1 is 1.08 bits per heavy atom. The van der Waals surface area contributed by atoms with Gasteiger partial charge < -0.3 is 21.7 Å². The summed E-state index contributed by atoms with van der Waals surface area (Å²) in [6.45, 7) is 0. The topological polar surface area (TPSA) is 127 Å². The van der Waals surface area contributed by atoms with Crippen LogP contribution in [0, 0.1) is 0 Å². The van der Waals surface area contributed by atoms with E-state index in [0.29, 0.717) is 12.2 Å². The van der Waals surface area contributed by atoms with E-state index >= 15 is 0 Å². The minimum atomic E-state index is -1.26. The van der Waals surface area contributed by atoms with Crippen LogP contribution in [0.2, 0.25) is 0 Å². The van der Waals surface area contributed by atoms with E-state index in [0.717, 1.165) is 0 Å². The number of thiocarbonyl (C=S) groups is 1. The second kappa shape index (κ2) is 7.48. The summed E-state index contributed by atoms with van der Waals surface area (Å²) >= 11 is 4.09. The van der Waals surface area contributed by atoms with E-state index < -0.39 is 11.9 Å². The molecule has 0 radical (unpaired) electrons. The molecule has 0 fully saturated rings. The molecule has 7 heteroatoms. The van der Waals surface area contributed by atoms with Gasteiger partial charge in [-0.3, -0.25) is 0 Å². The summed E-state index contributed by atoms with van der Waals surface area (Å²) in [7, 11) is 0. The second-order valence-electron chi connectivity index (χ2n) is 1.41. The van der Waals surface area contributed by atoms with Crippen molar-refractivity contribution in [2.24, 2.45) is 11.5 Å². The third-order valence-corrected chi connectivity index (χ3v) is 0.368. The van der Waals surface area contributed by atoms with Crippen molar-refractivity contribution in [3.63, 3.8) is 0 Å². The maximum Gasteiger partial charge on any atom is 0.328 e. The zero-order valence-electron chi connectivity index (χ0n) is 5.93. The first kappa shape index (κ1) is 13.0. The van der Waals surface area contributed by atoms with Crippen LogP contribution in [-0.2, 0) is 9.59 Å². The van der Waals surface area contributed by atoms with Crippen LogP contribution in [0.3, 0.4) is 0 Å². The predicted molar refractivity (Wildman–Crippen MR) is 45.4 cm³/mol. The fraction of sp³-hybridized carbons (Fsp3) is 0. The van der Waals surface area contributed by atoms with Crippen LogP contribution < -0.4 is 11.5 Å². The van der Waals surface area contributed by atoms with Crippen molar-refractivity contribution in [3.05, 3.63) is 12.2 Å². The normalized spacial score (nSPS) is 8.33. The van der Waals surface area contributed by atoms with E-state index in [2.05, 4.69) is 23.7 Å². The first-order valence-electron chi connectivity index (χ1n) is 2.55. The fourth-order valence-electron chi connectivity index (χ4n) is 0.143. The Hall–Kier alpha value is -1.63. The average Bonchev–Trinajstić information content (AvgIpc) is 1.82. The Morgan fingerprint density at radius 3 is 1.33 bits per heavy atom. The third-order valence-electron chi connectivity index (χ3n) is 0.368. The number of carbonyl (C=O) groups is 2. The summed E-state index contributed by atoms with van der Waals surface area (Å²) in [4.78, 5) is 19.1. The van der Waals surface area contributed by atoms with Crippen LogP contribution in [0.4, 0.5) is 0 Å². The summed E-state index contributed by atoms with van der Waals surface area (Å²) < 4.78 is 0. The highest BCUT2D eigenvalue weighted by Gasteiger charge is 1.88. The Balaban J connectivity index is 0. The van der Waals surface area contributed by atoms with E-state index in [-0.39, 0.29) is 5.11 Å². The lowest BCUT2D eigenvalue weighted by atomic mass is 10.5. The highest BCUT2D eigenvalue weighted by molar-refractivity contribution is 7.80. The Kier molecular flexibility index (Phi) is 8.10. The van der Waals surface area contributed by atoms with Gasteiger partial charge in [-0.25, -0.2) is 9.59 Å². The van der Waals surface area contributed by atoms with Crippen molar-refractivity contribution in [3.8, 4) is 0 Å². The van der Waals surface area contributed by atoms with Crippen molar-refractivity contribution in [2.45, 2.75) is 0 Å². The molecule has 0 aromatic heterocycles. The molecule has 68 valence electrons. The quantitative estimate of drug-likeness (QED) is 0.323. The molecule has 0 rings (SSSR count). The van der Waals surface area contributed by atoms with Gasteiger partial charge in [-0.05, 0) is 12.2 Å². The maximum absolute atomic E-state index is 9.55. The standard InChI is InChI=1S/C4H4O4.CH4N2S/c5-3(6)1-2-4(7)8;2-1(3)4/h1-2H,(H,5,6)(H,7,8);(H4,2,3,4)/b2-1+;. The van der Waals surface area contributed by atoms with Crippen LogP contribution in [0.5, 0.6) is 0 Å². The zero-order valence-corrected chi connectivity index (χ0v) is 6.75. The van der Waals surface area contributed by atoms with Gasteiger partial charge >= 0.3 is 11.9 Å². The smallest absolute Gasteiger partial charge is 0.328 e. The van der Waals surface area contributed by atoms with E-state index in [1.165, 1.54) is 0 Å². The number of rotatable bonds is 2. The van der Waals surface area contributed by atoms with Gasteiger partial charge in [-0.1, -0.05) is 0 Å². The zero-order chi connectivity index (χ0) is 10.1. The van der Waals surface area contributed by atoms with Crippen molar-refractivity contribution in [1.82, 2.24) is 0 Å².